The number of carbonyl (C=O) groups excluding carboxylic acids is 2. The molecule has 1 unspecified atom stereocenters. The number of sulfonamides is 1. The average molecular weight is 651 g/mol. The summed E-state index contributed by atoms with van der Waals surface area (Å²) >= 11 is 12.9. The number of anilines is 1. The van der Waals surface area contributed by atoms with Crippen molar-refractivity contribution in [2.75, 3.05) is 25.1 Å². The van der Waals surface area contributed by atoms with Crippen LogP contribution in [0.5, 0.6) is 11.5 Å². The van der Waals surface area contributed by atoms with Crippen LogP contribution in [0.25, 0.3) is 0 Å². The highest BCUT2D eigenvalue weighted by atomic mass is 35.5. The maximum Gasteiger partial charge on any atom is 0.264 e. The largest absolute Gasteiger partial charge is 0.497 e. The molecule has 232 valence electrons. The molecule has 0 fully saturated rings. The molecule has 0 heterocycles. The van der Waals surface area contributed by atoms with Crippen LogP contribution in [0, 0.1) is 6.92 Å². The quantitative estimate of drug-likeness (QED) is 0.280. The summed E-state index contributed by atoms with van der Waals surface area (Å²) in [6.07, 6.45) is 0. The molecule has 0 aliphatic carbocycles. The highest BCUT2D eigenvalue weighted by Gasteiger charge is 2.35. The minimum absolute atomic E-state index is 0.0324. The molecular formula is C31H37Cl2N3O6S. The molecule has 1 N–H and O–H groups in total. The Hall–Kier alpha value is -3.47. The third-order valence-corrected chi connectivity index (χ3v) is 9.08. The molecule has 0 saturated heterocycles. The second kappa shape index (κ2) is 13.9. The lowest BCUT2D eigenvalue weighted by atomic mass is 10.1. The zero-order valence-electron chi connectivity index (χ0n) is 25.3. The fourth-order valence-electron chi connectivity index (χ4n) is 4.25. The van der Waals surface area contributed by atoms with Crippen molar-refractivity contribution < 1.29 is 27.5 Å². The minimum atomic E-state index is -4.32. The van der Waals surface area contributed by atoms with Gasteiger partial charge in [-0.05, 0) is 71.0 Å². The molecule has 43 heavy (non-hydrogen) atoms. The van der Waals surface area contributed by atoms with Gasteiger partial charge in [0, 0.05) is 33.8 Å². The number of benzene rings is 3. The summed E-state index contributed by atoms with van der Waals surface area (Å²) in [7, 11) is -1.48. The van der Waals surface area contributed by atoms with E-state index >= 15 is 0 Å². The molecule has 3 aromatic rings. The van der Waals surface area contributed by atoms with Crippen LogP contribution < -0.4 is 19.1 Å². The van der Waals surface area contributed by atoms with E-state index in [1.807, 2.05) is 27.7 Å². The van der Waals surface area contributed by atoms with E-state index in [1.54, 1.807) is 49.4 Å². The number of hydrogen-bond acceptors (Lipinski definition) is 6. The van der Waals surface area contributed by atoms with Gasteiger partial charge < -0.3 is 19.7 Å². The zero-order chi connectivity index (χ0) is 32.1. The van der Waals surface area contributed by atoms with Gasteiger partial charge in [0.2, 0.25) is 11.8 Å². The fourth-order valence-corrected chi connectivity index (χ4v) is 6.19. The second-order valence-electron chi connectivity index (χ2n) is 11.0. The maximum atomic E-state index is 14.2. The molecule has 3 aromatic carbocycles. The predicted octanol–water partition coefficient (Wildman–Crippen LogP) is 5.85. The number of carbonyl (C=O) groups is 2. The monoisotopic (exact) mass is 649 g/mol. The third kappa shape index (κ3) is 8.34. The minimum Gasteiger partial charge on any atom is -0.497 e. The van der Waals surface area contributed by atoms with Crippen LogP contribution in [0.4, 0.5) is 5.69 Å². The summed E-state index contributed by atoms with van der Waals surface area (Å²) in [5.74, 6) is -0.558. The molecule has 0 saturated carbocycles. The first kappa shape index (κ1) is 34.0. The number of methoxy groups -OCH3 is 2. The van der Waals surface area contributed by atoms with Gasteiger partial charge in [0.15, 0.2) is 0 Å². The van der Waals surface area contributed by atoms with Crippen molar-refractivity contribution in [1.82, 2.24) is 10.2 Å². The Morgan fingerprint density at radius 2 is 1.56 bits per heavy atom. The highest BCUT2D eigenvalue weighted by Crippen LogP contribution is 2.36. The summed E-state index contributed by atoms with van der Waals surface area (Å²) in [6, 6.07) is 14.8. The van der Waals surface area contributed by atoms with Crippen molar-refractivity contribution in [3.63, 3.8) is 0 Å². The normalized spacial score (nSPS) is 12.3. The number of nitrogens with zero attached hydrogens (tertiary/aromatic N) is 2. The number of amides is 2. The van der Waals surface area contributed by atoms with Crippen LogP contribution in [0.3, 0.4) is 0 Å². The van der Waals surface area contributed by atoms with E-state index in [0.717, 1.165) is 9.87 Å². The Labute approximate surface area is 263 Å². The Bertz CT molecular complexity index is 1550. The van der Waals surface area contributed by atoms with Crippen LogP contribution in [0.15, 0.2) is 65.6 Å². The van der Waals surface area contributed by atoms with Gasteiger partial charge in [0.25, 0.3) is 10.0 Å². The van der Waals surface area contributed by atoms with E-state index in [9.17, 15) is 18.0 Å². The molecule has 9 nitrogen and oxygen atoms in total. The van der Waals surface area contributed by atoms with Gasteiger partial charge in [0.05, 0.1) is 24.8 Å². The van der Waals surface area contributed by atoms with Gasteiger partial charge in [-0.3, -0.25) is 13.9 Å². The van der Waals surface area contributed by atoms with E-state index in [4.69, 9.17) is 32.7 Å². The second-order valence-corrected chi connectivity index (χ2v) is 13.7. The average Bonchev–Trinajstić information content (AvgIpc) is 2.94. The van der Waals surface area contributed by atoms with E-state index in [2.05, 4.69) is 5.32 Å². The molecule has 2 amide bonds. The lowest BCUT2D eigenvalue weighted by Crippen LogP contribution is -2.54. The topological polar surface area (TPSA) is 105 Å². The first-order valence-corrected chi connectivity index (χ1v) is 15.6. The molecule has 0 aliphatic heterocycles. The number of nitrogens with one attached hydrogen (secondary N) is 1. The van der Waals surface area contributed by atoms with E-state index in [-0.39, 0.29) is 22.9 Å². The van der Waals surface area contributed by atoms with Crippen molar-refractivity contribution >= 4 is 50.7 Å². The third-order valence-electron chi connectivity index (χ3n) is 6.60. The SMILES string of the molecule is COc1ccc(OC)c(N(CC(=O)N(Cc2c(Cl)cccc2Cl)C(C)C(=O)NC(C)(C)C)S(=O)(=O)c2ccc(C)cc2)c1. The van der Waals surface area contributed by atoms with Gasteiger partial charge in [-0.2, -0.15) is 0 Å². The lowest BCUT2D eigenvalue weighted by molar-refractivity contribution is -0.140. The number of hydrogen-bond donors (Lipinski definition) is 1. The Morgan fingerprint density at radius 1 is 0.953 bits per heavy atom. The summed E-state index contributed by atoms with van der Waals surface area (Å²) in [5, 5.41) is 3.48. The van der Waals surface area contributed by atoms with Gasteiger partial charge in [-0.15, -0.1) is 0 Å². The van der Waals surface area contributed by atoms with Gasteiger partial charge in [-0.1, -0.05) is 47.0 Å². The number of ether oxygens (including phenoxy) is 2. The molecular weight excluding hydrogens is 613 g/mol. The summed E-state index contributed by atoms with van der Waals surface area (Å²) in [4.78, 5) is 28.8. The van der Waals surface area contributed by atoms with Crippen molar-refractivity contribution in [3.05, 3.63) is 81.8 Å². The standard InChI is InChI=1S/C31H37Cl2N3O6S/c1-20-11-14-23(15-12-20)43(39,40)36(27-17-22(41-6)13-16-28(27)42-7)19-29(37)35(21(2)30(38)34-31(3,4)5)18-24-25(32)9-8-10-26(24)33/h8-17,21H,18-19H2,1-7H3,(H,34,38). The molecule has 0 bridgehead atoms. The van der Waals surface area contributed by atoms with Crippen molar-refractivity contribution in [1.29, 1.82) is 0 Å². The van der Waals surface area contributed by atoms with Gasteiger partial charge in [-0.25, -0.2) is 8.42 Å². The molecule has 0 radical (unpaired) electrons. The zero-order valence-corrected chi connectivity index (χ0v) is 27.6. The smallest absolute Gasteiger partial charge is 0.264 e. The molecule has 0 aromatic heterocycles. The summed E-state index contributed by atoms with van der Waals surface area (Å²) in [5.41, 5.74) is 0.776. The highest BCUT2D eigenvalue weighted by molar-refractivity contribution is 7.92. The molecule has 3 rings (SSSR count). The number of rotatable bonds is 11. The maximum absolute atomic E-state index is 14.2. The van der Waals surface area contributed by atoms with Crippen LogP contribution in [-0.4, -0.2) is 57.5 Å². The van der Waals surface area contributed by atoms with E-state index in [1.165, 1.54) is 37.3 Å². The predicted molar refractivity (Wildman–Crippen MR) is 170 cm³/mol. The first-order chi connectivity index (χ1) is 20.1. The van der Waals surface area contributed by atoms with Crippen LogP contribution in [0.2, 0.25) is 10.0 Å². The van der Waals surface area contributed by atoms with Gasteiger partial charge >= 0.3 is 0 Å². The van der Waals surface area contributed by atoms with Crippen molar-refractivity contribution in [2.24, 2.45) is 0 Å². The summed E-state index contributed by atoms with van der Waals surface area (Å²) in [6.45, 7) is 8.04. The van der Waals surface area contributed by atoms with E-state index in [0.29, 0.717) is 21.4 Å². The van der Waals surface area contributed by atoms with Crippen molar-refractivity contribution in [2.45, 2.75) is 57.6 Å². The summed E-state index contributed by atoms with van der Waals surface area (Å²) < 4.78 is 40.1. The Kier molecular flexibility index (Phi) is 11.0. The Balaban J connectivity index is 2.17. The van der Waals surface area contributed by atoms with Gasteiger partial charge in [0.1, 0.15) is 24.1 Å². The lowest BCUT2D eigenvalue weighted by Gasteiger charge is -2.34. The molecule has 0 spiro atoms. The molecule has 1 atom stereocenters. The van der Waals surface area contributed by atoms with E-state index < -0.39 is 40.0 Å². The molecule has 12 heteroatoms. The fraction of sp³-hybridized carbons (Fsp3) is 0.355. The van der Waals surface area contributed by atoms with Crippen LogP contribution in [0.1, 0.15) is 38.8 Å². The molecule has 0 aliphatic rings. The first-order valence-electron chi connectivity index (χ1n) is 13.4. The number of halogens is 2. The van der Waals surface area contributed by atoms with Crippen LogP contribution >= 0.6 is 23.2 Å². The number of aryl methyl sites for hydroxylation is 1. The van der Waals surface area contributed by atoms with Crippen LogP contribution in [-0.2, 0) is 26.2 Å². The Morgan fingerprint density at radius 3 is 2.09 bits per heavy atom. The van der Waals surface area contributed by atoms with Crippen molar-refractivity contribution in [3.8, 4) is 11.5 Å².